The molecule has 1 aliphatic rings. The molecule has 19 heavy (non-hydrogen) atoms. The van der Waals surface area contributed by atoms with E-state index in [-0.39, 0.29) is 11.6 Å². The van der Waals surface area contributed by atoms with Crippen LogP contribution in [-0.4, -0.2) is 29.6 Å². The van der Waals surface area contributed by atoms with Crippen molar-refractivity contribution in [3.8, 4) is 0 Å². The van der Waals surface area contributed by atoms with E-state index in [1.807, 2.05) is 30.3 Å². The number of rotatable bonds is 1. The van der Waals surface area contributed by atoms with Crippen LogP contribution in [0.15, 0.2) is 35.1 Å². The second-order valence-electron chi connectivity index (χ2n) is 5.39. The van der Waals surface area contributed by atoms with Crippen molar-refractivity contribution in [2.24, 2.45) is 0 Å². The maximum absolute atomic E-state index is 12.6. The normalized spacial score (nSPS) is 20.8. The molecule has 0 amide bonds. The van der Waals surface area contributed by atoms with Gasteiger partial charge in [0.25, 0.3) is 5.56 Å². The highest BCUT2D eigenvalue weighted by atomic mass is 16.1. The standard InChI is InChI=1S/C15H19N3O/c1-17-8-4-6-12(10-17)18-14(16)9-11-5-2-3-7-13(11)15(18)19/h2-3,5,7,9,12H,4,6,8,10,16H2,1H3. The number of anilines is 1. The van der Waals surface area contributed by atoms with Gasteiger partial charge in [-0.15, -0.1) is 0 Å². The van der Waals surface area contributed by atoms with Crippen molar-refractivity contribution in [1.82, 2.24) is 9.47 Å². The first-order valence-electron chi connectivity index (χ1n) is 6.75. The number of piperidine rings is 1. The zero-order chi connectivity index (χ0) is 13.4. The summed E-state index contributed by atoms with van der Waals surface area (Å²) in [6.45, 7) is 1.99. The summed E-state index contributed by atoms with van der Waals surface area (Å²) >= 11 is 0. The third kappa shape index (κ3) is 2.12. The number of fused-ring (bicyclic) bond motifs is 1. The van der Waals surface area contributed by atoms with Crippen LogP contribution in [0.1, 0.15) is 18.9 Å². The fraction of sp³-hybridized carbons (Fsp3) is 0.400. The van der Waals surface area contributed by atoms with E-state index in [9.17, 15) is 4.79 Å². The molecule has 1 aromatic heterocycles. The number of nitrogens with zero attached hydrogens (tertiary/aromatic N) is 2. The Hall–Kier alpha value is -1.81. The lowest BCUT2D eigenvalue weighted by atomic mass is 10.0. The highest BCUT2D eigenvalue weighted by molar-refractivity contribution is 5.83. The van der Waals surface area contributed by atoms with Gasteiger partial charge in [-0.2, -0.15) is 0 Å². The summed E-state index contributed by atoms with van der Waals surface area (Å²) in [5, 5.41) is 1.68. The van der Waals surface area contributed by atoms with Gasteiger partial charge in [-0.05, 0) is 44.0 Å². The molecule has 0 spiro atoms. The summed E-state index contributed by atoms with van der Waals surface area (Å²) in [4.78, 5) is 14.9. The highest BCUT2D eigenvalue weighted by Gasteiger charge is 2.21. The minimum atomic E-state index is 0.0379. The third-order valence-electron chi connectivity index (χ3n) is 3.96. The first-order valence-corrected chi connectivity index (χ1v) is 6.75. The van der Waals surface area contributed by atoms with Gasteiger partial charge in [0.1, 0.15) is 5.82 Å². The van der Waals surface area contributed by atoms with E-state index < -0.39 is 0 Å². The molecule has 1 fully saturated rings. The Morgan fingerprint density at radius 1 is 1.32 bits per heavy atom. The number of nitrogen functional groups attached to an aromatic ring is 1. The molecular weight excluding hydrogens is 238 g/mol. The minimum Gasteiger partial charge on any atom is -0.385 e. The molecule has 1 aromatic carbocycles. The van der Waals surface area contributed by atoms with Crippen LogP contribution in [0.3, 0.4) is 0 Å². The van der Waals surface area contributed by atoms with Crippen LogP contribution in [0, 0.1) is 0 Å². The molecule has 4 heteroatoms. The monoisotopic (exact) mass is 257 g/mol. The molecule has 1 aliphatic heterocycles. The van der Waals surface area contributed by atoms with Gasteiger partial charge >= 0.3 is 0 Å². The average Bonchev–Trinajstić information content (AvgIpc) is 2.39. The molecule has 1 atom stereocenters. The maximum atomic E-state index is 12.6. The molecule has 100 valence electrons. The molecule has 4 nitrogen and oxygen atoms in total. The molecule has 1 saturated heterocycles. The van der Waals surface area contributed by atoms with Crippen molar-refractivity contribution in [3.05, 3.63) is 40.7 Å². The number of nitrogens with two attached hydrogens (primary N) is 1. The lowest BCUT2D eigenvalue weighted by Gasteiger charge is -2.31. The number of likely N-dealkylation sites (tertiary alicyclic amines) is 1. The second kappa shape index (κ2) is 4.70. The zero-order valence-corrected chi connectivity index (χ0v) is 11.2. The van der Waals surface area contributed by atoms with E-state index in [4.69, 9.17) is 5.73 Å². The molecular formula is C15H19N3O. The lowest BCUT2D eigenvalue weighted by Crippen LogP contribution is -2.38. The van der Waals surface area contributed by atoms with Crippen molar-refractivity contribution in [2.45, 2.75) is 18.9 Å². The first kappa shape index (κ1) is 12.2. The van der Waals surface area contributed by atoms with Crippen LogP contribution in [0.25, 0.3) is 10.8 Å². The maximum Gasteiger partial charge on any atom is 0.260 e. The average molecular weight is 257 g/mol. The van der Waals surface area contributed by atoms with Crippen LogP contribution in [0.5, 0.6) is 0 Å². The van der Waals surface area contributed by atoms with Gasteiger partial charge in [0.05, 0.1) is 6.04 Å². The fourth-order valence-corrected chi connectivity index (χ4v) is 3.02. The molecule has 2 heterocycles. The summed E-state index contributed by atoms with van der Waals surface area (Å²) in [6.07, 6.45) is 2.13. The number of benzene rings is 1. The fourth-order valence-electron chi connectivity index (χ4n) is 3.02. The van der Waals surface area contributed by atoms with Crippen molar-refractivity contribution in [2.75, 3.05) is 25.9 Å². The van der Waals surface area contributed by atoms with Gasteiger partial charge in [-0.1, -0.05) is 18.2 Å². The van der Waals surface area contributed by atoms with Crippen LogP contribution in [0.2, 0.25) is 0 Å². The molecule has 0 saturated carbocycles. The topological polar surface area (TPSA) is 51.3 Å². The smallest absolute Gasteiger partial charge is 0.260 e. The summed E-state index contributed by atoms with van der Waals surface area (Å²) in [5.41, 5.74) is 6.15. The van der Waals surface area contributed by atoms with E-state index in [1.54, 1.807) is 4.57 Å². The summed E-state index contributed by atoms with van der Waals surface area (Å²) in [5.74, 6) is 0.573. The molecule has 2 N–H and O–H groups in total. The van der Waals surface area contributed by atoms with Crippen molar-refractivity contribution < 1.29 is 0 Å². The minimum absolute atomic E-state index is 0.0379. The predicted molar refractivity (Wildman–Crippen MR) is 78.4 cm³/mol. The Morgan fingerprint density at radius 2 is 2.11 bits per heavy atom. The zero-order valence-electron chi connectivity index (χ0n) is 11.2. The summed E-state index contributed by atoms with van der Waals surface area (Å²) < 4.78 is 1.78. The molecule has 3 rings (SSSR count). The Bertz CT molecular complexity index is 662. The largest absolute Gasteiger partial charge is 0.385 e. The van der Waals surface area contributed by atoms with Gasteiger partial charge in [0.15, 0.2) is 0 Å². The Morgan fingerprint density at radius 3 is 2.89 bits per heavy atom. The van der Waals surface area contributed by atoms with Crippen molar-refractivity contribution >= 4 is 16.6 Å². The van der Waals surface area contributed by atoms with Gasteiger partial charge in [-0.25, -0.2) is 0 Å². The highest BCUT2D eigenvalue weighted by Crippen LogP contribution is 2.23. The van der Waals surface area contributed by atoms with Crippen LogP contribution in [0.4, 0.5) is 5.82 Å². The molecule has 0 aliphatic carbocycles. The number of pyridine rings is 1. The number of likely N-dealkylation sites (N-methyl/N-ethyl adjacent to an activating group) is 1. The van der Waals surface area contributed by atoms with E-state index in [0.717, 1.165) is 36.7 Å². The third-order valence-corrected chi connectivity index (χ3v) is 3.96. The number of aromatic nitrogens is 1. The Kier molecular flexibility index (Phi) is 3.03. The van der Waals surface area contributed by atoms with E-state index in [0.29, 0.717) is 5.82 Å². The molecule has 0 bridgehead atoms. The van der Waals surface area contributed by atoms with Gasteiger partial charge in [0, 0.05) is 11.9 Å². The number of hydrogen-bond acceptors (Lipinski definition) is 3. The van der Waals surface area contributed by atoms with Gasteiger partial charge < -0.3 is 10.6 Å². The van der Waals surface area contributed by atoms with E-state index in [2.05, 4.69) is 11.9 Å². The summed E-state index contributed by atoms with van der Waals surface area (Å²) in [6, 6.07) is 9.74. The molecule has 2 aromatic rings. The summed E-state index contributed by atoms with van der Waals surface area (Å²) in [7, 11) is 2.09. The van der Waals surface area contributed by atoms with E-state index >= 15 is 0 Å². The van der Waals surface area contributed by atoms with Crippen LogP contribution >= 0.6 is 0 Å². The van der Waals surface area contributed by atoms with Crippen LogP contribution in [-0.2, 0) is 0 Å². The van der Waals surface area contributed by atoms with Crippen LogP contribution < -0.4 is 11.3 Å². The first-order chi connectivity index (χ1) is 9.16. The Labute approximate surface area is 112 Å². The van der Waals surface area contributed by atoms with Gasteiger partial charge in [-0.3, -0.25) is 9.36 Å². The molecule has 0 radical (unpaired) electrons. The molecule has 1 unspecified atom stereocenters. The van der Waals surface area contributed by atoms with Crippen molar-refractivity contribution in [1.29, 1.82) is 0 Å². The predicted octanol–water partition coefficient (Wildman–Crippen LogP) is 1.85. The second-order valence-corrected chi connectivity index (χ2v) is 5.39. The van der Waals surface area contributed by atoms with Crippen molar-refractivity contribution in [3.63, 3.8) is 0 Å². The lowest BCUT2D eigenvalue weighted by molar-refractivity contribution is 0.211. The quantitative estimate of drug-likeness (QED) is 0.848. The Balaban J connectivity index is 2.15. The van der Waals surface area contributed by atoms with E-state index in [1.165, 1.54) is 0 Å². The SMILES string of the molecule is CN1CCCC(n2c(N)cc3ccccc3c2=O)C1. The van der Waals surface area contributed by atoms with Gasteiger partial charge in [0.2, 0.25) is 0 Å². The number of hydrogen-bond donors (Lipinski definition) is 1.